The van der Waals surface area contributed by atoms with Gasteiger partial charge in [-0.2, -0.15) is 11.8 Å². The lowest BCUT2D eigenvalue weighted by Gasteiger charge is -2.14. The molecule has 0 saturated heterocycles. The summed E-state index contributed by atoms with van der Waals surface area (Å²) in [5, 5.41) is 3.31. The van der Waals surface area contributed by atoms with Crippen LogP contribution in [0.4, 0.5) is 0 Å². The van der Waals surface area contributed by atoms with Gasteiger partial charge in [-0.3, -0.25) is 4.79 Å². The molecule has 1 fully saturated rings. The highest BCUT2D eigenvalue weighted by atomic mass is 32.2. The van der Waals surface area contributed by atoms with E-state index in [1.54, 1.807) is 0 Å². The molecule has 3 nitrogen and oxygen atoms in total. The number of thioether (sulfide) groups is 1. The highest BCUT2D eigenvalue weighted by molar-refractivity contribution is 7.98. The van der Waals surface area contributed by atoms with Crippen LogP contribution >= 0.6 is 11.8 Å². The van der Waals surface area contributed by atoms with Gasteiger partial charge < -0.3 is 11.1 Å². The summed E-state index contributed by atoms with van der Waals surface area (Å²) in [6.07, 6.45) is 3.18. The Hall–Kier alpha value is -1.00. The van der Waals surface area contributed by atoms with Crippen molar-refractivity contribution >= 4 is 17.7 Å². The molecule has 2 rings (SSSR count). The van der Waals surface area contributed by atoms with Crippen LogP contribution in [0.1, 0.15) is 30.4 Å². The van der Waals surface area contributed by atoms with Gasteiger partial charge in [-0.05, 0) is 43.1 Å². The molecule has 1 aromatic carbocycles. The van der Waals surface area contributed by atoms with E-state index in [1.807, 2.05) is 11.8 Å². The maximum absolute atomic E-state index is 11.3. The van der Waals surface area contributed by atoms with E-state index in [2.05, 4.69) is 36.5 Å². The first kappa shape index (κ1) is 14.4. The van der Waals surface area contributed by atoms with Crippen molar-refractivity contribution in [3.8, 4) is 0 Å². The molecule has 1 amide bonds. The van der Waals surface area contributed by atoms with E-state index in [4.69, 9.17) is 5.73 Å². The molecular weight excluding hydrogens is 256 g/mol. The van der Waals surface area contributed by atoms with Gasteiger partial charge in [0.05, 0.1) is 6.04 Å². The summed E-state index contributed by atoms with van der Waals surface area (Å²) in [6, 6.07) is 8.80. The second kappa shape index (κ2) is 6.96. The molecule has 0 radical (unpaired) electrons. The summed E-state index contributed by atoms with van der Waals surface area (Å²) in [5.41, 5.74) is 8.12. The Morgan fingerprint density at radius 1 is 1.47 bits per heavy atom. The van der Waals surface area contributed by atoms with Crippen LogP contribution < -0.4 is 11.1 Å². The number of carbonyl (C=O) groups excluding carboxylic acids is 1. The van der Waals surface area contributed by atoms with Crippen molar-refractivity contribution in [1.82, 2.24) is 5.32 Å². The zero-order valence-electron chi connectivity index (χ0n) is 11.4. The van der Waals surface area contributed by atoms with E-state index in [1.165, 1.54) is 24.0 Å². The molecule has 104 valence electrons. The van der Waals surface area contributed by atoms with Gasteiger partial charge in [-0.15, -0.1) is 0 Å². The van der Waals surface area contributed by atoms with E-state index in [0.717, 1.165) is 17.9 Å². The van der Waals surface area contributed by atoms with E-state index >= 15 is 0 Å². The van der Waals surface area contributed by atoms with Crippen molar-refractivity contribution < 1.29 is 4.79 Å². The van der Waals surface area contributed by atoms with Crippen LogP contribution in [0.2, 0.25) is 0 Å². The number of nitrogens with one attached hydrogen (secondary N) is 1. The van der Waals surface area contributed by atoms with Crippen molar-refractivity contribution in [3.05, 3.63) is 35.4 Å². The molecule has 1 saturated carbocycles. The van der Waals surface area contributed by atoms with E-state index < -0.39 is 0 Å². The molecule has 4 heteroatoms. The fraction of sp³-hybridized carbons (Fsp3) is 0.533. The van der Waals surface area contributed by atoms with E-state index in [-0.39, 0.29) is 11.9 Å². The summed E-state index contributed by atoms with van der Waals surface area (Å²) < 4.78 is 0. The SMILES string of the molecule is Cc1ccccc1CSCCC(NC1CC1)C(N)=O. The molecule has 19 heavy (non-hydrogen) atoms. The predicted molar refractivity (Wildman–Crippen MR) is 81.1 cm³/mol. The average molecular weight is 278 g/mol. The van der Waals surface area contributed by atoms with Crippen molar-refractivity contribution in [2.45, 2.75) is 44.0 Å². The standard InChI is InChI=1S/C15H22N2OS/c1-11-4-2-3-5-12(11)10-19-9-8-14(15(16)18)17-13-6-7-13/h2-5,13-14,17H,6-10H2,1H3,(H2,16,18). The Balaban J connectivity index is 1.70. The van der Waals surface area contributed by atoms with Crippen molar-refractivity contribution in [2.24, 2.45) is 5.73 Å². The lowest BCUT2D eigenvalue weighted by atomic mass is 10.1. The molecule has 0 bridgehead atoms. The minimum absolute atomic E-state index is 0.156. The zero-order valence-corrected chi connectivity index (χ0v) is 12.2. The van der Waals surface area contributed by atoms with Crippen molar-refractivity contribution in [3.63, 3.8) is 0 Å². The van der Waals surface area contributed by atoms with E-state index in [0.29, 0.717) is 6.04 Å². The maximum atomic E-state index is 11.3. The fourth-order valence-electron chi connectivity index (χ4n) is 2.00. The number of hydrogen-bond donors (Lipinski definition) is 2. The molecule has 0 spiro atoms. The monoisotopic (exact) mass is 278 g/mol. The van der Waals surface area contributed by atoms with Gasteiger partial charge in [0.25, 0.3) is 0 Å². The van der Waals surface area contributed by atoms with Crippen LogP contribution in [0, 0.1) is 6.92 Å². The molecule has 1 atom stereocenters. The fourth-order valence-corrected chi connectivity index (χ4v) is 3.09. The van der Waals surface area contributed by atoms with E-state index in [9.17, 15) is 4.79 Å². The van der Waals surface area contributed by atoms with Crippen LogP contribution in [-0.2, 0) is 10.5 Å². The normalized spacial score (nSPS) is 16.3. The Bertz CT molecular complexity index is 432. The predicted octanol–water partition coefficient (Wildman–Crippen LogP) is 2.22. The molecular formula is C15H22N2OS. The molecule has 1 aromatic rings. The van der Waals surface area contributed by atoms with Crippen LogP contribution in [0.25, 0.3) is 0 Å². The topological polar surface area (TPSA) is 55.1 Å². The van der Waals surface area contributed by atoms with Crippen LogP contribution in [0.5, 0.6) is 0 Å². The smallest absolute Gasteiger partial charge is 0.234 e. The first-order valence-corrected chi connectivity index (χ1v) is 8.00. The quantitative estimate of drug-likeness (QED) is 0.717. The van der Waals surface area contributed by atoms with Crippen molar-refractivity contribution in [2.75, 3.05) is 5.75 Å². The number of primary amides is 1. The molecule has 0 aliphatic heterocycles. The van der Waals surface area contributed by atoms with Gasteiger partial charge in [0.15, 0.2) is 0 Å². The number of nitrogens with two attached hydrogens (primary N) is 1. The van der Waals surface area contributed by atoms with Gasteiger partial charge in [0, 0.05) is 11.8 Å². The summed E-state index contributed by atoms with van der Waals surface area (Å²) in [5.74, 6) is 1.74. The Kier molecular flexibility index (Phi) is 5.28. The summed E-state index contributed by atoms with van der Waals surface area (Å²) in [4.78, 5) is 11.3. The molecule has 0 heterocycles. The average Bonchev–Trinajstić information content (AvgIpc) is 3.18. The first-order chi connectivity index (χ1) is 9.16. The summed E-state index contributed by atoms with van der Waals surface area (Å²) >= 11 is 1.87. The lowest BCUT2D eigenvalue weighted by Crippen LogP contribution is -2.42. The first-order valence-electron chi connectivity index (χ1n) is 6.84. The number of amides is 1. The van der Waals surface area contributed by atoms with Crippen LogP contribution in [0.15, 0.2) is 24.3 Å². The minimum atomic E-state index is -0.219. The minimum Gasteiger partial charge on any atom is -0.368 e. The molecule has 0 aromatic heterocycles. The number of aryl methyl sites for hydroxylation is 1. The third-order valence-corrected chi connectivity index (χ3v) is 4.47. The molecule has 1 aliphatic carbocycles. The Morgan fingerprint density at radius 2 is 2.21 bits per heavy atom. The summed E-state index contributed by atoms with van der Waals surface area (Å²) in [6.45, 7) is 2.14. The Labute approximate surface area is 119 Å². The lowest BCUT2D eigenvalue weighted by molar-refractivity contribution is -0.120. The highest BCUT2D eigenvalue weighted by Crippen LogP contribution is 2.21. The van der Waals surface area contributed by atoms with Crippen molar-refractivity contribution in [1.29, 1.82) is 0 Å². The van der Waals surface area contributed by atoms with Gasteiger partial charge >= 0.3 is 0 Å². The molecule has 3 N–H and O–H groups in total. The second-order valence-electron chi connectivity index (χ2n) is 5.16. The number of hydrogen-bond acceptors (Lipinski definition) is 3. The Morgan fingerprint density at radius 3 is 2.84 bits per heavy atom. The number of rotatable bonds is 8. The van der Waals surface area contributed by atoms with Crippen LogP contribution in [0.3, 0.4) is 0 Å². The third-order valence-electron chi connectivity index (χ3n) is 3.43. The maximum Gasteiger partial charge on any atom is 0.234 e. The number of benzene rings is 1. The largest absolute Gasteiger partial charge is 0.368 e. The summed E-state index contributed by atoms with van der Waals surface area (Å²) in [7, 11) is 0. The molecule has 1 unspecified atom stereocenters. The highest BCUT2D eigenvalue weighted by Gasteiger charge is 2.26. The molecule has 1 aliphatic rings. The second-order valence-corrected chi connectivity index (χ2v) is 6.27. The van der Waals surface area contributed by atoms with Gasteiger partial charge in [0.1, 0.15) is 0 Å². The van der Waals surface area contributed by atoms with Gasteiger partial charge in [0.2, 0.25) is 5.91 Å². The van der Waals surface area contributed by atoms with Gasteiger partial charge in [-0.1, -0.05) is 24.3 Å². The third kappa shape index (κ3) is 4.88. The number of carbonyl (C=O) groups is 1. The zero-order chi connectivity index (χ0) is 13.7. The van der Waals surface area contributed by atoms with Gasteiger partial charge in [-0.25, -0.2) is 0 Å². The van der Waals surface area contributed by atoms with Crippen LogP contribution in [-0.4, -0.2) is 23.7 Å².